The number of nitrogens with one attached hydrogen (secondary N) is 1. The van der Waals surface area contributed by atoms with E-state index in [1.165, 1.54) is 0 Å². The molecular weight excluding hydrogens is 462 g/mol. The molecule has 1 aliphatic heterocycles. The summed E-state index contributed by atoms with van der Waals surface area (Å²) in [5, 5.41) is 9.61. The van der Waals surface area contributed by atoms with Crippen LogP contribution in [-0.2, 0) is 29.6 Å². The van der Waals surface area contributed by atoms with E-state index in [0.29, 0.717) is 43.9 Å². The lowest BCUT2D eigenvalue weighted by atomic mass is 10.1. The Morgan fingerprint density at radius 1 is 1.14 bits per heavy atom. The van der Waals surface area contributed by atoms with Crippen molar-refractivity contribution in [3.8, 4) is 11.3 Å². The number of rotatable bonds is 8. The number of amides is 2. The molecule has 0 atom stereocenters. The maximum absolute atomic E-state index is 12.7. The lowest BCUT2D eigenvalue weighted by Crippen LogP contribution is -2.38. The van der Waals surface area contributed by atoms with Gasteiger partial charge in [0.1, 0.15) is 5.82 Å². The van der Waals surface area contributed by atoms with Gasteiger partial charge < -0.3 is 9.88 Å². The minimum absolute atomic E-state index is 0.00614. The minimum atomic E-state index is -0.00614. The molecule has 2 aromatic heterocycles. The van der Waals surface area contributed by atoms with Crippen molar-refractivity contribution in [3.05, 3.63) is 71.4 Å². The van der Waals surface area contributed by atoms with Crippen molar-refractivity contribution in [2.24, 2.45) is 7.05 Å². The smallest absolute Gasteiger partial charge is 0.229 e. The highest BCUT2D eigenvalue weighted by Gasteiger charge is 2.27. The van der Waals surface area contributed by atoms with Crippen LogP contribution in [0.15, 0.2) is 60.8 Å². The van der Waals surface area contributed by atoms with Gasteiger partial charge in [0, 0.05) is 66.7 Å². The van der Waals surface area contributed by atoms with Crippen LogP contribution in [0.5, 0.6) is 0 Å². The summed E-state index contributed by atoms with van der Waals surface area (Å²) in [5.41, 5.74) is 4.18. The third-order valence-electron chi connectivity index (χ3n) is 6.48. The van der Waals surface area contributed by atoms with Crippen LogP contribution in [0.25, 0.3) is 22.2 Å². The molecule has 0 saturated heterocycles. The number of benzene rings is 2. The largest absolute Gasteiger partial charge is 0.356 e. The maximum Gasteiger partial charge on any atom is 0.229 e. The molecule has 8 heteroatoms. The Balaban J connectivity index is 1.20. The number of aryl methyl sites for hydroxylation is 2. The lowest BCUT2D eigenvalue weighted by Gasteiger charge is -2.27. The fourth-order valence-electron chi connectivity index (χ4n) is 4.65. The highest BCUT2D eigenvalue weighted by atomic mass is 35.5. The summed E-state index contributed by atoms with van der Waals surface area (Å²) in [4.78, 5) is 26.8. The number of carbonyl (C=O) groups is 2. The number of para-hydroxylation sites is 1. The molecule has 2 aromatic carbocycles. The molecule has 3 heterocycles. The number of anilines is 1. The maximum atomic E-state index is 12.7. The van der Waals surface area contributed by atoms with E-state index in [9.17, 15) is 9.59 Å². The zero-order chi connectivity index (χ0) is 24.4. The summed E-state index contributed by atoms with van der Waals surface area (Å²) in [7, 11) is 2.03. The predicted molar refractivity (Wildman–Crippen MR) is 139 cm³/mol. The Kier molecular flexibility index (Phi) is 6.59. The van der Waals surface area contributed by atoms with Gasteiger partial charge in [-0.1, -0.05) is 41.9 Å². The van der Waals surface area contributed by atoms with Crippen LogP contribution in [0.1, 0.15) is 24.8 Å². The first-order chi connectivity index (χ1) is 17.0. The molecule has 1 aliphatic rings. The molecule has 0 radical (unpaired) electrons. The highest BCUT2D eigenvalue weighted by molar-refractivity contribution is 6.30. The van der Waals surface area contributed by atoms with Gasteiger partial charge in [-0.05, 0) is 36.6 Å². The number of hydrogen-bond acceptors (Lipinski definition) is 3. The standard InChI is InChI=1S/C27H28ClN5O2/c1-31-18-22(21-5-2-3-6-24(21)31)23-17-26-32(27(35)13-16-33(26)30-23)15-4-7-25(34)29-14-12-19-8-10-20(28)11-9-19/h2-3,5-6,8-11,17-18H,4,7,12-16H2,1H3,(H,29,34). The van der Waals surface area contributed by atoms with E-state index < -0.39 is 0 Å². The second kappa shape index (κ2) is 9.96. The average molecular weight is 490 g/mol. The number of carbonyl (C=O) groups excluding carboxylic acids is 2. The second-order valence-electron chi connectivity index (χ2n) is 8.91. The first-order valence-corrected chi connectivity index (χ1v) is 12.3. The minimum Gasteiger partial charge on any atom is -0.356 e. The number of aromatic nitrogens is 3. The van der Waals surface area contributed by atoms with Crippen LogP contribution in [0, 0.1) is 0 Å². The van der Waals surface area contributed by atoms with Gasteiger partial charge in [-0.25, -0.2) is 4.68 Å². The molecule has 0 unspecified atom stereocenters. The Bertz CT molecular complexity index is 1370. The van der Waals surface area contributed by atoms with E-state index in [1.807, 2.05) is 54.2 Å². The van der Waals surface area contributed by atoms with Crippen LogP contribution >= 0.6 is 11.6 Å². The first-order valence-electron chi connectivity index (χ1n) is 11.9. The van der Waals surface area contributed by atoms with Crippen molar-refractivity contribution in [2.75, 3.05) is 18.0 Å². The molecular formula is C27H28ClN5O2. The van der Waals surface area contributed by atoms with E-state index in [0.717, 1.165) is 40.0 Å². The molecule has 1 N–H and O–H groups in total. The summed E-state index contributed by atoms with van der Waals surface area (Å²) in [5.74, 6) is 0.866. The third kappa shape index (κ3) is 4.95. The van der Waals surface area contributed by atoms with Gasteiger partial charge in [-0.3, -0.25) is 14.5 Å². The van der Waals surface area contributed by atoms with E-state index in [1.54, 1.807) is 4.90 Å². The van der Waals surface area contributed by atoms with Crippen LogP contribution in [0.3, 0.4) is 0 Å². The number of nitrogens with zero attached hydrogens (tertiary/aromatic N) is 4. The first kappa shape index (κ1) is 23.2. The number of halogens is 1. The van der Waals surface area contributed by atoms with Crippen molar-refractivity contribution < 1.29 is 9.59 Å². The molecule has 180 valence electrons. The zero-order valence-electron chi connectivity index (χ0n) is 19.7. The molecule has 0 saturated carbocycles. The Morgan fingerprint density at radius 2 is 1.94 bits per heavy atom. The van der Waals surface area contributed by atoms with Crippen LogP contribution in [0.2, 0.25) is 5.02 Å². The molecule has 0 fully saturated rings. The fraction of sp³-hybridized carbons (Fsp3) is 0.296. The summed E-state index contributed by atoms with van der Waals surface area (Å²) in [6.07, 6.45) is 4.21. The molecule has 35 heavy (non-hydrogen) atoms. The SMILES string of the molecule is Cn1cc(-c2cc3n(n2)CCC(=O)N3CCCC(=O)NCCc2ccc(Cl)cc2)c2ccccc21. The molecule has 0 spiro atoms. The molecule has 4 aromatic rings. The second-order valence-corrected chi connectivity index (χ2v) is 9.34. The van der Waals surface area contributed by atoms with Crippen LogP contribution in [0.4, 0.5) is 5.82 Å². The van der Waals surface area contributed by atoms with Crippen molar-refractivity contribution >= 4 is 40.1 Å². The Labute approximate surface area is 209 Å². The van der Waals surface area contributed by atoms with Gasteiger partial charge in [0.15, 0.2) is 0 Å². The summed E-state index contributed by atoms with van der Waals surface area (Å²) in [6, 6.07) is 17.9. The molecule has 2 amide bonds. The van der Waals surface area contributed by atoms with Crippen LogP contribution in [-0.4, -0.2) is 39.3 Å². The monoisotopic (exact) mass is 489 g/mol. The Hall–Kier alpha value is -3.58. The van der Waals surface area contributed by atoms with Gasteiger partial charge in [-0.15, -0.1) is 0 Å². The quantitative estimate of drug-likeness (QED) is 0.394. The van der Waals surface area contributed by atoms with Crippen LogP contribution < -0.4 is 10.2 Å². The number of fused-ring (bicyclic) bond motifs is 2. The van der Waals surface area contributed by atoms with E-state index in [-0.39, 0.29) is 11.8 Å². The molecule has 7 nitrogen and oxygen atoms in total. The summed E-state index contributed by atoms with van der Waals surface area (Å²) >= 11 is 5.91. The van der Waals surface area contributed by atoms with Crippen molar-refractivity contribution in [1.82, 2.24) is 19.7 Å². The third-order valence-corrected chi connectivity index (χ3v) is 6.73. The zero-order valence-corrected chi connectivity index (χ0v) is 20.5. The highest BCUT2D eigenvalue weighted by Crippen LogP contribution is 2.33. The predicted octanol–water partition coefficient (Wildman–Crippen LogP) is 4.57. The van der Waals surface area contributed by atoms with Crippen molar-refractivity contribution in [2.45, 2.75) is 32.2 Å². The van der Waals surface area contributed by atoms with Gasteiger partial charge in [0.2, 0.25) is 11.8 Å². The normalized spacial score (nSPS) is 13.3. The topological polar surface area (TPSA) is 72.2 Å². The summed E-state index contributed by atoms with van der Waals surface area (Å²) in [6.45, 7) is 1.63. The van der Waals surface area contributed by atoms with E-state index >= 15 is 0 Å². The van der Waals surface area contributed by atoms with Gasteiger partial charge in [0.25, 0.3) is 0 Å². The number of hydrogen-bond donors (Lipinski definition) is 1. The molecule has 0 bridgehead atoms. The lowest BCUT2D eigenvalue weighted by molar-refractivity contribution is -0.122. The van der Waals surface area contributed by atoms with Gasteiger partial charge in [0.05, 0.1) is 12.2 Å². The average Bonchev–Trinajstić information content (AvgIpc) is 3.43. The fourth-order valence-corrected chi connectivity index (χ4v) is 4.78. The molecule has 0 aliphatic carbocycles. The van der Waals surface area contributed by atoms with Gasteiger partial charge >= 0.3 is 0 Å². The summed E-state index contributed by atoms with van der Waals surface area (Å²) < 4.78 is 4.00. The Morgan fingerprint density at radius 3 is 2.77 bits per heavy atom. The van der Waals surface area contributed by atoms with Gasteiger partial charge in [-0.2, -0.15) is 5.10 Å². The van der Waals surface area contributed by atoms with E-state index in [2.05, 4.69) is 28.2 Å². The van der Waals surface area contributed by atoms with Crippen molar-refractivity contribution in [1.29, 1.82) is 0 Å². The van der Waals surface area contributed by atoms with Crippen molar-refractivity contribution in [3.63, 3.8) is 0 Å². The van der Waals surface area contributed by atoms with E-state index in [4.69, 9.17) is 16.7 Å². The molecule has 5 rings (SSSR count).